The van der Waals surface area contributed by atoms with E-state index in [-0.39, 0.29) is 6.04 Å². The molecule has 262 valence electrons. The number of aryl methyl sites for hydroxylation is 3. The summed E-state index contributed by atoms with van der Waals surface area (Å²) in [4.78, 5) is 5.06. The topological polar surface area (TPSA) is 6.48 Å². The van der Waals surface area contributed by atoms with Gasteiger partial charge in [0.25, 0.3) is 0 Å². The predicted molar refractivity (Wildman–Crippen MR) is 233 cm³/mol. The van der Waals surface area contributed by atoms with E-state index in [2.05, 4.69) is 213 Å². The van der Waals surface area contributed by atoms with Crippen molar-refractivity contribution < 1.29 is 0 Å². The molecule has 0 saturated carbocycles. The van der Waals surface area contributed by atoms with Gasteiger partial charge in [-0.05, 0) is 105 Å². The summed E-state index contributed by atoms with van der Waals surface area (Å²) >= 11 is 0. The van der Waals surface area contributed by atoms with Gasteiger partial charge in [-0.15, -0.1) is 0 Å². The highest BCUT2D eigenvalue weighted by atomic mass is 15.2. The van der Waals surface area contributed by atoms with Gasteiger partial charge in [0.1, 0.15) is 0 Å². The maximum Gasteiger partial charge on any atom is 0.0620 e. The molecule has 0 aromatic heterocycles. The molecule has 0 fully saturated rings. The minimum Gasteiger partial charge on any atom is -0.333 e. The third-order valence-corrected chi connectivity index (χ3v) is 11.0. The van der Waals surface area contributed by atoms with Crippen LogP contribution in [-0.4, -0.2) is 6.04 Å². The molecule has 0 radical (unpaired) electrons. The van der Waals surface area contributed by atoms with Crippen LogP contribution in [0.5, 0.6) is 0 Å². The number of hydrogen-bond donors (Lipinski definition) is 0. The zero-order valence-corrected chi connectivity index (χ0v) is 31.4. The SMILES string of the molecule is CC1=CCC(N(c2ccc(C)cc2)c2c3ccccc3c(N(c3ccc(C)cc3)c3ccc(C)cc3)c3cc(-c4ccc5ccccc5c4)ccc23)C=C1. The van der Waals surface area contributed by atoms with Crippen molar-refractivity contribution >= 4 is 60.8 Å². The fraction of sp³-hybridized carbons (Fsp3) is 0.115. The Kier molecular flexibility index (Phi) is 8.60. The first-order valence-electron chi connectivity index (χ1n) is 19.0. The summed E-state index contributed by atoms with van der Waals surface area (Å²) in [5.74, 6) is 0. The zero-order valence-electron chi connectivity index (χ0n) is 31.4. The summed E-state index contributed by atoms with van der Waals surface area (Å²) < 4.78 is 0. The quantitative estimate of drug-likeness (QED) is 0.121. The van der Waals surface area contributed by atoms with E-state index in [9.17, 15) is 0 Å². The lowest BCUT2D eigenvalue weighted by atomic mass is 9.91. The Labute approximate surface area is 318 Å². The number of benzene rings is 8. The van der Waals surface area contributed by atoms with Crippen LogP contribution >= 0.6 is 0 Å². The molecule has 0 amide bonds. The van der Waals surface area contributed by atoms with Crippen LogP contribution in [0.3, 0.4) is 0 Å². The van der Waals surface area contributed by atoms with Crippen molar-refractivity contribution in [1.29, 1.82) is 0 Å². The third-order valence-electron chi connectivity index (χ3n) is 11.0. The van der Waals surface area contributed by atoms with E-state index < -0.39 is 0 Å². The van der Waals surface area contributed by atoms with Crippen LogP contribution in [0.25, 0.3) is 43.4 Å². The molecule has 2 heteroatoms. The maximum atomic E-state index is 2.59. The highest BCUT2D eigenvalue weighted by molar-refractivity contribution is 6.23. The van der Waals surface area contributed by atoms with Gasteiger partial charge in [0.15, 0.2) is 0 Å². The Bertz CT molecular complexity index is 2670. The molecule has 1 atom stereocenters. The van der Waals surface area contributed by atoms with Gasteiger partial charge in [0, 0.05) is 38.6 Å². The summed E-state index contributed by atoms with van der Waals surface area (Å²) in [6.07, 6.45) is 7.97. The van der Waals surface area contributed by atoms with Gasteiger partial charge >= 0.3 is 0 Å². The number of hydrogen-bond acceptors (Lipinski definition) is 2. The smallest absolute Gasteiger partial charge is 0.0620 e. The van der Waals surface area contributed by atoms with Crippen LogP contribution < -0.4 is 9.80 Å². The molecule has 0 heterocycles. The first kappa shape index (κ1) is 33.5. The highest BCUT2D eigenvalue weighted by Crippen LogP contribution is 2.51. The molecule has 0 aliphatic heterocycles. The third kappa shape index (κ3) is 6.14. The average Bonchev–Trinajstić information content (AvgIpc) is 3.21. The van der Waals surface area contributed by atoms with Crippen molar-refractivity contribution in [2.24, 2.45) is 0 Å². The van der Waals surface area contributed by atoms with Crippen LogP contribution in [0, 0.1) is 20.8 Å². The minimum atomic E-state index is 0.152. The molecule has 8 aromatic carbocycles. The monoisotopic (exact) mass is 696 g/mol. The molecule has 1 unspecified atom stereocenters. The minimum absolute atomic E-state index is 0.152. The maximum absolute atomic E-state index is 2.59. The molecular formula is C52H44N2. The van der Waals surface area contributed by atoms with Crippen molar-refractivity contribution in [2.45, 2.75) is 40.2 Å². The lowest BCUT2D eigenvalue weighted by molar-refractivity contribution is 0.783. The number of fused-ring (bicyclic) bond motifs is 3. The van der Waals surface area contributed by atoms with Gasteiger partial charge in [-0.3, -0.25) is 0 Å². The molecule has 0 spiro atoms. The fourth-order valence-corrected chi connectivity index (χ4v) is 8.08. The first-order valence-corrected chi connectivity index (χ1v) is 19.0. The Morgan fingerprint density at radius 2 is 0.963 bits per heavy atom. The van der Waals surface area contributed by atoms with E-state index in [1.54, 1.807) is 0 Å². The summed E-state index contributed by atoms with van der Waals surface area (Å²) in [6.45, 7) is 8.68. The van der Waals surface area contributed by atoms with E-state index in [1.165, 1.54) is 82.8 Å². The van der Waals surface area contributed by atoms with Gasteiger partial charge in [0.2, 0.25) is 0 Å². The molecule has 54 heavy (non-hydrogen) atoms. The van der Waals surface area contributed by atoms with E-state index in [4.69, 9.17) is 0 Å². The number of allylic oxidation sites excluding steroid dienone is 2. The van der Waals surface area contributed by atoms with E-state index in [1.807, 2.05) is 0 Å². The predicted octanol–water partition coefficient (Wildman–Crippen LogP) is 14.6. The van der Waals surface area contributed by atoms with Gasteiger partial charge < -0.3 is 9.80 Å². The second-order valence-corrected chi connectivity index (χ2v) is 14.9. The van der Waals surface area contributed by atoms with Gasteiger partial charge in [-0.25, -0.2) is 0 Å². The van der Waals surface area contributed by atoms with E-state index >= 15 is 0 Å². The first-order chi connectivity index (χ1) is 26.4. The Balaban J connectivity index is 1.40. The Morgan fingerprint density at radius 1 is 0.444 bits per heavy atom. The fourth-order valence-electron chi connectivity index (χ4n) is 8.08. The Morgan fingerprint density at radius 3 is 1.57 bits per heavy atom. The molecular weight excluding hydrogens is 653 g/mol. The number of anilines is 5. The normalized spacial score (nSPS) is 14.1. The molecule has 1 aliphatic rings. The van der Waals surface area contributed by atoms with Crippen molar-refractivity contribution in [1.82, 2.24) is 0 Å². The van der Waals surface area contributed by atoms with Crippen molar-refractivity contribution in [3.05, 3.63) is 198 Å². The standard InChI is InChI=1S/C52H44N2/c1-35-13-24-43(25-14-35)53(44-26-15-36(2)16-27-44)51-47-11-7-8-12-48(47)52(54(45-28-17-37(3)18-29-45)46-30-19-38(4)20-31-46)50-34-42(23-32-49(50)51)41-22-21-39-9-5-6-10-40(39)33-41/h5-26,28-34,44H,27H2,1-4H3. The van der Waals surface area contributed by atoms with Crippen molar-refractivity contribution in [3.63, 3.8) is 0 Å². The largest absolute Gasteiger partial charge is 0.333 e. The van der Waals surface area contributed by atoms with Gasteiger partial charge in [-0.1, -0.05) is 150 Å². The molecule has 0 N–H and O–H groups in total. The van der Waals surface area contributed by atoms with Crippen LogP contribution in [0.2, 0.25) is 0 Å². The van der Waals surface area contributed by atoms with Crippen LogP contribution in [0.15, 0.2) is 182 Å². The molecule has 1 aliphatic carbocycles. The molecule has 2 nitrogen and oxygen atoms in total. The van der Waals surface area contributed by atoms with Crippen LogP contribution in [0.4, 0.5) is 28.4 Å². The summed E-state index contributed by atoms with van der Waals surface area (Å²) in [5.41, 5.74) is 13.3. The summed E-state index contributed by atoms with van der Waals surface area (Å²) in [5, 5.41) is 7.35. The van der Waals surface area contributed by atoms with Crippen molar-refractivity contribution in [3.8, 4) is 11.1 Å². The van der Waals surface area contributed by atoms with Crippen molar-refractivity contribution in [2.75, 3.05) is 9.80 Å². The Hall–Kier alpha value is -6.38. The van der Waals surface area contributed by atoms with Gasteiger partial charge in [0.05, 0.1) is 17.4 Å². The number of nitrogens with zero attached hydrogens (tertiary/aromatic N) is 2. The van der Waals surface area contributed by atoms with E-state index in [0.29, 0.717) is 0 Å². The molecule has 0 bridgehead atoms. The molecule has 9 rings (SSSR count). The van der Waals surface area contributed by atoms with Crippen LogP contribution in [0.1, 0.15) is 30.0 Å². The number of rotatable bonds is 7. The zero-order chi connectivity index (χ0) is 36.8. The van der Waals surface area contributed by atoms with Gasteiger partial charge in [-0.2, -0.15) is 0 Å². The summed E-state index contributed by atoms with van der Waals surface area (Å²) in [6, 6.07) is 58.8. The lowest BCUT2D eigenvalue weighted by Crippen LogP contribution is -2.30. The second-order valence-electron chi connectivity index (χ2n) is 14.9. The highest BCUT2D eigenvalue weighted by Gasteiger charge is 2.28. The summed E-state index contributed by atoms with van der Waals surface area (Å²) in [7, 11) is 0. The van der Waals surface area contributed by atoms with Crippen LogP contribution in [-0.2, 0) is 0 Å². The molecule has 0 saturated heterocycles. The second kappa shape index (κ2) is 13.9. The lowest BCUT2D eigenvalue weighted by Gasteiger charge is -2.37. The molecule has 8 aromatic rings. The average molecular weight is 697 g/mol. The van der Waals surface area contributed by atoms with E-state index in [0.717, 1.165) is 17.8 Å².